The van der Waals surface area contributed by atoms with Crippen molar-refractivity contribution >= 4 is 50.0 Å². The number of nitrogens with one attached hydrogen (secondary N) is 1. The molecule has 0 bridgehead atoms. The van der Waals surface area contributed by atoms with Crippen LogP contribution in [0.15, 0.2) is 40.2 Å². The van der Waals surface area contributed by atoms with Gasteiger partial charge in [-0.15, -0.1) is 11.3 Å². The summed E-state index contributed by atoms with van der Waals surface area (Å²) in [6.07, 6.45) is 2.76. The summed E-state index contributed by atoms with van der Waals surface area (Å²) in [5.41, 5.74) is -0.0788. The van der Waals surface area contributed by atoms with Gasteiger partial charge in [0, 0.05) is 23.7 Å². The van der Waals surface area contributed by atoms with Crippen molar-refractivity contribution in [3.63, 3.8) is 0 Å². The van der Waals surface area contributed by atoms with Crippen LogP contribution in [0.25, 0.3) is 37.2 Å². The average Bonchev–Trinajstić information content (AvgIpc) is 3.41. The van der Waals surface area contributed by atoms with E-state index in [-0.39, 0.29) is 39.0 Å². The summed E-state index contributed by atoms with van der Waals surface area (Å²) in [6, 6.07) is 4.14. The van der Waals surface area contributed by atoms with Crippen molar-refractivity contribution in [2.75, 3.05) is 13.7 Å². The van der Waals surface area contributed by atoms with Gasteiger partial charge < -0.3 is 14.5 Å². The highest BCUT2D eigenvalue weighted by Crippen LogP contribution is 2.38. The molecular weight excluding hydrogens is 513 g/mol. The first-order valence-corrected chi connectivity index (χ1v) is 11.7. The SMILES string of the molecule is CCOC(=O)c1nn(C)c2c(-n3c(=O)[nH]c4cc(-c5cc(OC)c(F)cc5Cl)sc4c3=O)cncc12. The molecule has 1 N–H and O–H groups in total. The average molecular weight is 530 g/mol. The van der Waals surface area contributed by atoms with Gasteiger partial charge in [0.15, 0.2) is 17.3 Å². The molecule has 0 spiro atoms. The molecule has 5 rings (SSSR count). The molecular formula is C23H17ClFN5O5S. The van der Waals surface area contributed by atoms with Gasteiger partial charge in [0.05, 0.1) is 47.0 Å². The van der Waals surface area contributed by atoms with E-state index in [1.807, 2.05) is 0 Å². The Kier molecular flexibility index (Phi) is 5.85. The monoisotopic (exact) mass is 529 g/mol. The number of aromatic nitrogens is 5. The third-order valence-corrected chi connectivity index (χ3v) is 6.99. The lowest BCUT2D eigenvalue weighted by Crippen LogP contribution is -2.33. The topological polar surface area (TPSA) is 121 Å². The van der Waals surface area contributed by atoms with Crippen LogP contribution in [0.1, 0.15) is 17.4 Å². The molecule has 0 radical (unpaired) electrons. The number of aryl methyl sites for hydroxylation is 1. The minimum Gasteiger partial charge on any atom is -0.494 e. The van der Waals surface area contributed by atoms with Gasteiger partial charge >= 0.3 is 11.7 Å². The maximum absolute atomic E-state index is 14.0. The Morgan fingerprint density at radius 3 is 2.75 bits per heavy atom. The van der Waals surface area contributed by atoms with E-state index in [0.29, 0.717) is 21.3 Å². The van der Waals surface area contributed by atoms with Crippen LogP contribution in [0.5, 0.6) is 5.75 Å². The summed E-state index contributed by atoms with van der Waals surface area (Å²) < 4.78 is 26.7. The van der Waals surface area contributed by atoms with Crippen molar-refractivity contribution in [2.24, 2.45) is 7.05 Å². The molecule has 0 fully saturated rings. The first-order valence-electron chi connectivity index (χ1n) is 10.6. The van der Waals surface area contributed by atoms with Gasteiger partial charge in [-0.25, -0.2) is 18.5 Å². The van der Waals surface area contributed by atoms with Crippen molar-refractivity contribution < 1.29 is 18.7 Å². The van der Waals surface area contributed by atoms with Crippen molar-refractivity contribution in [2.45, 2.75) is 6.92 Å². The van der Waals surface area contributed by atoms with Crippen LogP contribution in [-0.2, 0) is 11.8 Å². The van der Waals surface area contributed by atoms with E-state index in [1.54, 1.807) is 20.0 Å². The quantitative estimate of drug-likeness (QED) is 0.345. The Morgan fingerprint density at radius 2 is 2.03 bits per heavy atom. The second kappa shape index (κ2) is 8.88. The highest BCUT2D eigenvalue weighted by atomic mass is 35.5. The molecule has 0 aliphatic carbocycles. The Hall–Kier alpha value is -4.03. The molecule has 4 aromatic heterocycles. The van der Waals surface area contributed by atoms with E-state index in [9.17, 15) is 18.8 Å². The van der Waals surface area contributed by atoms with Gasteiger partial charge in [-0.1, -0.05) is 11.6 Å². The number of ether oxygens (including phenoxy) is 2. The zero-order valence-electron chi connectivity index (χ0n) is 19.1. The minimum atomic E-state index is -0.715. The molecule has 36 heavy (non-hydrogen) atoms. The number of halogens is 2. The van der Waals surface area contributed by atoms with Crippen molar-refractivity contribution in [1.82, 2.24) is 24.3 Å². The lowest BCUT2D eigenvalue weighted by molar-refractivity contribution is 0.0520. The van der Waals surface area contributed by atoms with Gasteiger partial charge in [0.25, 0.3) is 5.56 Å². The fraction of sp³-hybridized carbons (Fsp3) is 0.174. The molecule has 1 aromatic carbocycles. The molecule has 10 nitrogen and oxygen atoms in total. The number of aromatic amines is 1. The number of thiophene rings is 1. The summed E-state index contributed by atoms with van der Waals surface area (Å²) in [4.78, 5) is 46.3. The lowest BCUT2D eigenvalue weighted by Gasteiger charge is -2.07. The van der Waals surface area contributed by atoms with Gasteiger partial charge in [-0.2, -0.15) is 5.10 Å². The Bertz CT molecular complexity index is 1810. The summed E-state index contributed by atoms with van der Waals surface area (Å²) in [5, 5.41) is 4.67. The zero-order chi connectivity index (χ0) is 25.7. The standard InChI is InChI=1S/C23H17ClFN5O5S/c1-4-35-22(32)18-11-8-26-9-15(19(11)29(2)28-18)30-21(31)20-14(27-23(30)33)7-17(36-20)10-5-16(34-3)13(25)6-12(10)24/h5-9H,4H2,1-3H3,(H,27,33). The highest BCUT2D eigenvalue weighted by molar-refractivity contribution is 7.22. The van der Waals surface area contributed by atoms with E-state index in [0.717, 1.165) is 22.0 Å². The van der Waals surface area contributed by atoms with Gasteiger partial charge in [-0.3, -0.25) is 14.5 Å². The van der Waals surface area contributed by atoms with E-state index in [4.69, 9.17) is 21.1 Å². The molecule has 184 valence electrons. The Morgan fingerprint density at radius 1 is 1.25 bits per heavy atom. The highest BCUT2D eigenvalue weighted by Gasteiger charge is 2.23. The van der Waals surface area contributed by atoms with Crippen LogP contribution >= 0.6 is 22.9 Å². The molecule has 4 heterocycles. The van der Waals surface area contributed by atoms with Crippen LogP contribution < -0.4 is 16.0 Å². The number of nitrogens with zero attached hydrogens (tertiary/aromatic N) is 4. The van der Waals surface area contributed by atoms with Gasteiger partial charge in [-0.05, 0) is 25.1 Å². The number of carbonyl (C=O) groups excluding carboxylic acids is 1. The number of methoxy groups -OCH3 is 1. The molecule has 13 heteroatoms. The number of esters is 1. The maximum Gasteiger partial charge on any atom is 0.359 e. The predicted molar refractivity (Wildman–Crippen MR) is 133 cm³/mol. The van der Waals surface area contributed by atoms with E-state index < -0.39 is 23.0 Å². The Balaban J connectivity index is 1.74. The largest absolute Gasteiger partial charge is 0.494 e. The molecule has 0 saturated carbocycles. The fourth-order valence-electron chi connectivity index (χ4n) is 3.96. The third kappa shape index (κ3) is 3.65. The number of hydrogen-bond acceptors (Lipinski definition) is 8. The predicted octanol–water partition coefficient (Wildman–Crippen LogP) is 3.67. The normalized spacial score (nSPS) is 11.4. The molecule has 0 unspecified atom stereocenters. The molecule has 0 amide bonds. The molecule has 0 saturated heterocycles. The number of benzene rings is 1. The van der Waals surface area contributed by atoms with Crippen LogP contribution in [0.2, 0.25) is 5.02 Å². The summed E-state index contributed by atoms with van der Waals surface area (Å²) in [7, 11) is 2.91. The number of pyridine rings is 1. The number of H-pyrrole nitrogens is 1. The first-order chi connectivity index (χ1) is 17.2. The number of rotatable bonds is 5. The number of hydrogen-bond donors (Lipinski definition) is 1. The smallest absolute Gasteiger partial charge is 0.359 e. The Labute approximate surface area is 210 Å². The van der Waals surface area contributed by atoms with Crippen LogP contribution in [0.4, 0.5) is 4.39 Å². The van der Waals surface area contributed by atoms with E-state index in [1.165, 1.54) is 30.3 Å². The number of fused-ring (bicyclic) bond motifs is 2. The fourth-order valence-corrected chi connectivity index (χ4v) is 5.34. The summed E-state index contributed by atoms with van der Waals surface area (Å²) in [5.74, 6) is -1.28. The lowest BCUT2D eigenvalue weighted by atomic mass is 10.1. The van der Waals surface area contributed by atoms with Crippen LogP contribution in [-0.4, -0.2) is 44.0 Å². The number of carbonyl (C=O) groups is 1. The van der Waals surface area contributed by atoms with Gasteiger partial charge in [0.2, 0.25) is 0 Å². The molecule has 0 aliphatic rings. The van der Waals surface area contributed by atoms with Gasteiger partial charge in [0.1, 0.15) is 4.70 Å². The maximum atomic E-state index is 14.0. The van der Waals surface area contributed by atoms with Crippen LogP contribution in [0, 0.1) is 5.82 Å². The molecule has 0 aliphatic heterocycles. The summed E-state index contributed by atoms with van der Waals surface area (Å²) >= 11 is 7.33. The van der Waals surface area contributed by atoms with E-state index >= 15 is 0 Å². The molecule has 5 aromatic rings. The minimum absolute atomic E-state index is 0.0101. The van der Waals surface area contributed by atoms with Crippen molar-refractivity contribution in [3.8, 4) is 21.9 Å². The molecule has 0 atom stereocenters. The summed E-state index contributed by atoms with van der Waals surface area (Å²) in [6.45, 7) is 1.83. The second-order valence-corrected chi connectivity index (χ2v) is 9.10. The first kappa shape index (κ1) is 23.7. The second-order valence-electron chi connectivity index (χ2n) is 7.64. The zero-order valence-corrected chi connectivity index (χ0v) is 20.7. The van der Waals surface area contributed by atoms with E-state index in [2.05, 4.69) is 15.1 Å². The van der Waals surface area contributed by atoms with Crippen molar-refractivity contribution in [1.29, 1.82) is 0 Å². The van der Waals surface area contributed by atoms with Crippen LogP contribution in [0.3, 0.4) is 0 Å². The third-order valence-electron chi connectivity index (χ3n) is 5.52. The van der Waals surface area contributed by atoms with Crippen molar-refractivity contribution in [3.05, 3.63) is 68.0 Å².